The Kier molecular flexibility index (Phi) is 6.87. The number of ether oxygens (including phenoxy) is 2. The normalized spacial score (nSPS) is 12.2. The summed E-state index contributed by atoms with van der Waals surface area (Å²) in [5.41, 5.74) is 0.488. The summed E-state index contributed by atoms with van der Waals surface area (Å²) in [5, 5.41) is 4.56. The van der Waals surface area contributed by atoms with Crippen LogP contribution >= 0.6 is 34.8 Å². The van der Waals surface area contributed by atoms with Crippen LogP contribution in [0.1, 0.15) is 6.92 Å². The van der Waals surface area contributed by atoms with E-state index in [0.717, 1.165) is 0 Å². The van der Waals surface area contributed by atoms with Gasteiger partial charge in [0.05, 0.1) is 6.61 Å². The molecule has 1 unspecified atom stereocenters. The zero-order valence-electron chi connectivity index (χ0n) is 10.9. The predicted octanol–water partition coefficient (Wildman–Crippen LogP) is 3.68. The van der Waals surface area contributed by atoms with Crippen LogP contribution in [0, 0.1) is 0 Å². The van der Waals surface area contributed by atoms with E-state index in [0.29, 0.717) is 5.69 Å². The fourth-order valence-electron chi connectivity index (χ4n) is 1.23. The highest BCUT2D eigenvalue weighted by molar-refractivity contribution is 6.68. The Balaban J connectivity index is 2.64. The van der Waals surface area contributed by atoms with Crippen LogP contribution in [0.3, 0.4) is 0 Å². The lowest BCUT2D eigenvalue weighted by atomic mass is 10.3. The molecule has 1 rings (SSSR count). The summed E-state index contributed by atoms with van der Waals surface area (Å²) in [6.45, 7) is 1.72. The number of hydrogen-bond donors (Lipinski definition) is 2. The van der Waals surface area contributed by atoms with Gasteiger partial charge < -0.3 is 9.47 Å². The summed E-state index contributed by atoms with van der Waals surface area (Å²) in [6.07, 6.45) is -3.28. The second kappa shape index (κ2) is 8.17. The smallest absolute Gasteiger partial charge is 0.413 e. The molecule has 0 radical (unpaired) electrons. The van der Waals surface area contributed by atoms with Gasteiger partial charge in [-0.25, -0.2) is 9.59 Å². The Morgan fingerprint density at radius 2 is 1.81 bits per heavy atom. The number of rotatable bonds is 4. The first-order valence-corrected chi connectivity index (χ1v) is 6.99. The van der Waals surface area contributed by atoms with Crippen LogP contribution in [0.2, 0.25) is 0 Å². The minimum Gasteiger partial charge on any atom is -0.450 e. The fraction of sp³-hybridized carbons (Fsp3) is 0.333. The summed E-state index contributed by atoms with van der Waals surface area (Å²) in [5.74, 6) is 0. The third-order valence-corrected chi connectivity index (χ3v) is 2.66. The lowest BCUT2D eigenvalue weighted by molar-refractivity contribution is 0.0795. The number of alkyl carbamates (subject to hydrolysis) is 1. The van der Waals surface area contributed by atoms with Gasteiger partial charge in [-0.3, -0.25) is 10.6 Å². The molecule has 2 amide bonds. The third-order valence-electron chi connectivity index (χ3n) is 2.07. The van der Waals surface area contributed by atoms with Crippen LogP contribution in [0.4, 0.5) is 15.3 Å². The van der Waals surface area contributed by atoms with E-state index in [-0.39, 0.29) is 6.61 Å². The molecule has 0 aliphatic heterocycles. The van der Waals surface area contributed by atoms with Gasteiger partial charge in [0.25, 0.3) is 0 Å². The number of amides is 2. The van der Waals surface area contributed by atoms with E-state index in [9.17, 15) is 9.59 Å². The van der Waals surface area contributed by atoms with Crippen molar-refractivity contribution in [1.82, 2.24) is 5.32 Å². The maximum absolute atomic E-state index is 11.7. The van der Waals surface area contributed by atoms with E-state index < -0.39 is 22.2 Å². The van der Waals surface area contributed by atoms with E-state index >= 15 is 0 Å². The van der Waals surface area contributed by atoms with Crippen molar-refractivity contribution in [1.29, 1.82) is 0 Å². The average Bonchev–Trinajstić information content (AvgIpc) is 2.38. The van der Waals surface area contributed by atoms with Gasteiger partial charge in [-0.05, 0) is 19.1 Å². The zero-order chi connectivity index (χ0) is 15.9. The van der Waals surface area contributed by atoms with E-state index in [2.05, 4.69) is 15.4 Å². The molecule has 0 saturated heterocycles. The molecule has 0 aliphatic rings. The molecule has 0 fully saturated rings. The lowest BCUT2D eigenvalue weighted by Gasteiger charge is -2.24. The van der Waals surface area contributed by atoms with Crippen molar-refractivity contribution in [2.75, 3.05) is 11.9 Å². The minimum absolute atomic E-state index is 0.120. The molecule has 9 heteroatoms. The fourth-order valence-corrected chi connectivity index (χ4v) is 1.53. The molecule has 1 aromatic carbocycles. The summed E-state index contributed by atoms with van der Waals surface area (Å²) in [7, 11) is 0. The van der Waals surface area contributed by atoms with Crippen LogP contribution in [0.25, 0.3) is 0 Å². The van der Waals surface area contributed by atoms with Gasteiger partial charge >= 0.3 is 12.2 Å². The van der Waals surface area contributed by atoms with Gasteiger partial charge in [0, 0.05) is 5.69 Å². The molecule has 2 N–H and O–H groups in total. The highest BCUT2D eigenvalue weighted by Crippen LogP contribution is 2.31. The van der Waals surface area contributed by atoms with Crippen molar-refractivity contribution in [3.05, 3.63) is 30.3 Å². The molecule has 0 spiro atoms. The highest BCUT2D eigenvalue weighted by Gasteiger charge is 2.38. The summed E-state index contributed by atoms with van der Waals surface area (Å²) in [4.78, 5) is 23.0. The number of halogens is 3. The summed E-state index contributed by atoms with van der Waals surface area (Å²) >= 11 is 16.9. The molecule has 1 aromatic rings. The second-order valence-electron chi connectivity index (χ2n) is 3.68. The maximum atomic E-state index is 11.7. The Bertz CT molecular complexity index is 479. The third kappa shape index (κ3) is 6.75. The molecular formula is C12H13Cl3N2O4. The van der Waals surface area contributed by atoms with Gasteiger partial charge in [0.2, 0.25) is 10.0 Å². The monoisotopic (exact) mass is 354 g/mol. The Labute approximate surface area is 136 Å². The van der Waals surface area contributed by atoms with Gasteiger partial charge in [-0.1, -0.05) is 53.0 Å². The van der Waals surface area contributed by atoms with Crippen molar-refractivity contribution in [3.63, 3.8) is 0 Å². The molecule has 21 heavy (non-hydrogen) atoms. The largest absolute Gasteiger partial charge is 0.450 e. The number of para-hydroxylation sites is 1. The number of hydrogen-bond acceptors (Lipinski definition) is 4. The van der Waals surface area contributed by atoms with Crippen molar-refractivity contribution >= 4 is 52.7 Å². The summed E-state index contributed by atoms with van der Waals surface area (Å²) in [6, 6.07) is 8.51. The topological polar surface area (TPSA) is 76.7 Å². The lowest BCUT2D eigenvalue weighted by Crippen LogP contribution is -2.47. The van der Waals surface area contributed by atoms with E-state index in [1.54, 1.807) is 37.3 Å². The van der Waals surface area contributed by atoms with Crippen LogP contribution < -0.4 is 10.6 Å². The quantitative estimate of drug-likeness (QED) is 0.638. The molecule has 0 aromatic heterocycles. The number of anilines is 1. The summed E-state index contributed by atoms with van der Waals surface area (Å²) < 4.78 is 7.45. The van der Waals surface area contributed by atoms with Gasteiger partial charge in [0.1, 0.15) is 0 Å². The number of nitrogens with one attached hydrogen (secondary N) is 2. The van der Waals surface area contributed by atoms with E-state index in [1.165, 1.54) is 0 Å². The first-order valence-electron chi connectivity index (χ1n) is 5.85. The zero-order valence-corrected chi connectivity index (χ0v) is 13.2. The van der Waals surface area contributed by atoms with Crippen LogP contribution in [0.5, 0.6) is 0 Å². The van der Waals surface area contributed by atoms with Crippen molar-refractivity contribution in [2.45, 2.75) is 16.9 Å². The maximum Gasteiger partial charge on any atom is 0.413 e. The van der Waals surface area contributed by atoms with E-state index in [4.69, 9.17) is 39.5 Å². The minimum atomic E-state index is -2.05. The average molecular weight is 356 g/mol. The molecular weight excluding hydrogens is 343 g/mol. The Hall–Kier alpha value is -1.37. The second-order valence-corrected chi connectivity index (χ2v) is 6.05. The molecule has 0 heterocycles. The molecule has 1 atom stereocenters. The standard InChI is InChI=1S/C12H13Cl3N2O4/c1-2-20-10(18)17-9(12(13,14)15)21-11(19)16-8-6-4-3-5-7-8/h3-7,9H,2H2,1H3,(H,16,19)(H,17,18). The van der Waals surface area contributed by atoms with Gasteiger partial charge in [-0.15, -0.1) is 0 Å². The van der Waals surface area contributed by atoms with Crippen molar-refractivity contribution in [3.8, 4) is 0 Å². The molecule has 116 valence electrons. The molecule has 6 nitrogen and oxygen atoms in total. The number of benzene rings is 1. The predicted molar refractivity (Wildman–Crippen MR) is 80.8 cm³/mol. The van der Waals surface area contributed by atoms with Crippen LogP contribution in [0.15, 0.2) is 30.3 Å². The van der Waals surface area contributed by atoms with Crippen LogP contribution in [-0.2, 0) is 9.47 Å². The Morgan fingerprint density at radius 1 is 1.19 bits per heavy atom. The number of carbonyl (C=O) groups excluding carboxylic acids is 2. The molecule has 0 bridgehead atoms. The SMILES string of the molecule is CCOC(=O)NC(OC(=O)Nc1ccccc1)C(Cl)(Cl)Cl. The number of carbonyl (C=O) groups is 2. The first-order chi connectivity index (χ1) is 9.82. The number of alkyl halides is 3. The van der Waals surface area contributed by atoms with Gasteiger partial charge in [0.15, 0.2) is 0 Å². The van der Waals surface area contributed by atoms with Crippen molar-refractivity contribution < 1.29 is 19.1 Å². The van der Waals surface area contributed by atoms with E-state index in [1.807, 2.05) is 0 Å². The Morgan fingerprint density at radius 3 is 2.33 bits per heavy atom. The van der Waals surface area contributed by atoms with Gasteiger partial charge in [-0.2, -0.15) is 0 Å². The molecule has 0 saturated carbocycles. The van der Waals surface area contributed by atoms with Crippen molar-refractivity contribution in [2.24, 2.45) is 0 Å². The first kappa shape index (κ1) is 17.7. The highest BCUT2D eigenvalue weighted by atomic mass is 35.6. The van der Waals surface area contributed by atoms with Crippen LogP contribution in [-0.4, -0.2) is 28.8 Å². The molecule has 0 aliphatic carbocycles.